The van der Waals surface area contributed by atoms with Crippen LogP contribution in [0, 0.1) is 0 Å². The molecule has 0 unspecified atom stereocenters. The topological polar surface area (TPSA) is 87.5 Å². The average Bonchev–Trinajstić information content (AvgIpc) is 3.11. The fraction of sp³-hybridized carbons (Fsp3) is 0.368. The summed E-state index contributed by atoms with van der Waals surface area (Å²) in [6, 6.07) is 5.42. The molecule has 1 fully saturated rings. The molecule has 1 saturated carbocycles. The van der Waals surface area contributed by atoms with Crippen LogP contribution in [0.5, 0.6) is 0 Å². The van der Waals surface area contributed by atoms with Crippen LogP contribution in [0.1, 0.15) is 25.7 Å². The summed E-state index contributed by atoms with van der Waals surface area (Å²) in [6.45, 7) is 2.87. The van der Waals surface area contributed by atoms with E-state index in [-0.39, 0.29) is 11.0 Å². The van der Waals surface area contributed by atoms with E-state index < -0.39 is 0 Å². The summed E-state index contributed by atoms with van der Waals surface area (Å²) in [6.07, 6.45) is 3.65. The van der Waals surface area contributed by atoms with Gasteiger partial charge in [-0.25, -0.2) is 4.98 Å². The van der Waals surface area contributed by atoms with Crippen molar-refractivity contribution in [1.29, 1.82) is 0 Å². The van der Waals surface area contributed by atoms with Crippen molar-refractivity contribution in [3.05, 3.63) is 45.8 Å². The number of hydrogen-bond acceptors (Lipinski definition) is 6. The number of halogens is 1. The Kier molecular flexibility index (Phi) is 3.82. The SMILES string of the molecule is COCCn1c(=O)c2c(-c3noc(C4(C)CC4)n3)ncn2c2ccc(Cl)cc21. The number of rotatable bonds is 5. The third kappa shape index (κ3) is 2.56. The van der Waals surface area contributed by atoms with Gasteiger partial charge >= 0.3 is 0 Å². The van der Waals surface area contributed by atoms with Crippen molar-refractivity contribution < 1.29 is 9.26 Å². The lowest BCUT2D eigenvalue weighted by molar-refractivity contribution is 0.187. The molecule has 8 nitrogen and oxygen atoms in total. The lowest BCUT2D eigenvalue weighted by atomic mass is 10.1. The average molecular weight is 400 g/mol. The highest BCUT2D eigenvalue weighted by Gasteiger charge is 2.44. The van der Waals surface area contributed by atoms with Crippen molar-refractivity contribution in [3.8, 4) is 11.5 Å². The number of imidazole rings is 1. The molecule has 1 aliphatic carbocycles. The minimum atomic E-state index is -0.205. The number of ether oxygens (including phenoxy) is 1. The second-order valence-corrected chi connectivity index (χ2v) is 7.81. The van der Waals surface area contributed by atoms with Crippen LogP contribution in [0.2, 0.25) is 5.02 Å². The lowest BCUT2D eigenvalue weighted by Crippen LogP contribution is -2.25. The Bertz CT molecular complexity index is 1270. The van der Waals surface area contributed by atoms with Crippen molar-refractivity contribution in [2.75, 3.05) is 13.7 Å². The number of nitrogens with zero attached hydrogens (tertiary/aromatic N) is 5. The molecule has 0 N–H and O–H groups in total. The van der Waals surface area contributed by atoms with Crippen LogP contribution in [0.15, 0.2) is 33.8 Å². The van der Waals surface area contributed by atoms with Crippen molar-refractivity contribution in [3.63, 3.8) is 0 Å². The third-order valence-corrected chi connectivity index (χ3v) is 5.61. The van der Waals surface area contributed by atoms with Crippen LogP contribution in [-0.2, 0) is 16.7 Å². The first-order valence-corrected chi connectivity index (χ1v) is 9.42. The van der Waals surface area contributed by atoms with E-state index in [1.165, 1.54) is 0 Å². The predicted molar refractivity (Wildman–Crippen MR) is 104 cm³/mol. The second-order valence-electron chi connectivity index (χ2n) is 7.38. The normalized spacial score (nSPS) is 15.5. The molecular weight excluding hydrogens is 382 g/mol. The van der Waals surface area contributed by atoms with Crippen LogP contribution in [0.25, 0.3) is 28.1 Å². The van der Waals surface area contributed by atoms with Gasteiger partial charge in [-0.05, 0) is 31.0 Å². The zero-order valence-corrected chi connectivity index (χ0v) is 16.2. The minimum Gasteiger partial charge on any atom is -0.383 e. The van der Waals surface area contributed by atoms with Gasteiger partial charge < -0.3 is 13.8 Å². The molecule has 0 radical (unpaired) electrons. The fourth-order valence-electron chi connectivity index (χ4n) is 3.42. The van der Waals surface area contributed by atoms with Crippen molar-refractivity contribution in [1.82, 2.24) is 24.1 Å². The Labute approximate surface area is 164 Å². The van der Waals surface area contributed by atoms with Gasteiger partial charge in [0.2, 0.25) is 11.7 Å². The summed E-state index contributed by atoms with van der Waals surface area (Å²) >= 11 is 6.18. The Morgan fingerprint density at radius 1 is 1.32 bits per heavy atom. The van der Waals surface area contributed by atoms with Gasteiger partial charge in [-0.1, -0.05) is 23.7 Å². The maximum absolute atomic E-state index is 13.3. The smallest absolute Gasteiger partial charge is 0.277 e. The Morgan fingerprint density at radius 2 is 2.14 bits per heavy atom. The number of benzene rings is 1. The zero-order chi connectivity index (χ0) is 19.5. The summed E-state index contributed by atoms with van der Waals surface area (Å²) in [5, 5.41) is 4.64. The van der Waals surface area contributed by atoms with E-state index in [2.05, 4.69) is 22.0 Å². The van der Waals surface area contributed by atoms with Crippen LogP contribution in [0.3, 0.4) is 0 Å². The summed E-state index contributed by atoms with van der Waals surface area (Å²) in [4.78, 5) is 22.3. The molecule has 0 bridgehead atoms. The van der Waals surface area contributed by atoms with Crippen LogP contribution in [0.4, 0.5) is 0 Å². The molecule has 0 saturated heterocycles. The highest BCUT2D eigenvalue weighted by atomic mass is 35.5. The van der Waals surface area contributed by atoms with Crippen LogP contribution < -0.4 is 5.56 Å². The molecule has 0 spiro atoms. The number of hydrogen-bond donors (Lipinski definition) is 0. The molecule has 0 aliphatic heterocycles. The fourth-order valence-corrected chi connectivity index (χ4v) is 3.59. The summed E-state index contributed by atoms with van der Waals surface area (Å²) < 4.78 is 14.0. The van der Waals surface area contributed by atoms with Crippen molar-refractivity contribution >= 4 is 28.2 Å². The van der Waals surface area contributed by atoms with E-state index in [9.17, 15) is 4.79 Å². The molecule has 3 heterocycles. The largest absolute Gasteiger partial charge is 0.383 e. The van der Waals surface area contributed by atoms with E-state index in [0.717, 1.165) is 18.4 Å². The quantitative estimate of drug-likeness (QED) is 0.512. The standard InChI is InChI=1S/C19H18ClN5O3/c1-19(5-6-19)18-22-16(23-28-18)14-15-17(26)24(7-8-27-2)13-9-11(20)3-4-12(13)25(15)10-21-14/h3-4,9-10H,5-8H2,1-2H3. The number of aromatic nitrogens is 5. The Morgan fingerprint density at radius 3 is 2.89 bits per heavy atom. The van der Waals surface area contributed by atoms with Gasteiger partial charge in [0.1, 0.15) is 17.5 Å². The third-order valence-electron chi connectivity index (χ3n) is 5.38. The zero-order valence-electron chi connectivity index (χ0n) is 15.5. The number of fused-ring (bicyclic) bond motifs is 3. The van der Waals surface area contributed by atoms with E-state index >= 15 is 0 Å². The summed E-state index contributed by atoms with van der Waals surface area (Å²) in [5.74, 6) is 0.922. The first kappa shape index (κ1) is 17.4. The molecule has 3 aromatic heterocycles. The monoisotopic (exact) mass is 399 g/mol. The van der Waals surface area contributed by atoms with Gasteiger partial charge in [-0.3, -0.25) is 9.20 Å². The Hall–Kier alpha value is -2.71. The van der Waals surface area contributed by atoms with E-state index in [0.29, 0.717) is 46.6 Å². The Balaban J connectivity index is 1.77. The van der Waals surface area contributed by atoms with Crippen molar-refractivity contribution in [2.24, 2.45) is 0 Å². The molecule has 1 aromatic carbocycles. The first-order chi connectivity index (χ1) is 13.5. The molecule has 1 aliphatic rings. The molecule has 5 rings (SSSR count). The highest BCUT2D eigenvalue weighted by molar-refractivity contribution is 6.31. The van der Waals surface area contributed by atoms with E-state index in [4.69, 9.17) is 20.9 Å². The van der Waals surface area contributed by atoms with Crippen LogP contribution >= 0.6 is 11.6 Å². The molecule has 28 heavy (non-hydrogen) atoms. The molecule has 9 heteroatoms. The maximum atomic E-state index is 13.3. The lowest BCUT2D eigenvalue weighted by Gasteiger charge is -2.12. The maximum Gasteiger partial charge on any atom is 0.277 e. The van der Waals surface area contributed by atoms with Gasteiger partial charge in [0, 0.05) is 24.1 Å². The van der Waals surface area contributed by atoms with Gasteiger partial charge in [-0.15, -0.1) is 0 Å². The second kappa shape index (κ2) is 6.15. The minimum absolute atomic E-state index is 0.0527. The van der Waals surface area contributed by atoms with E-state index in [1.807, 2.05) is 6.07 Å². The van der Waals surface area contributed by atoms with Gasteiger partial charge in [-0.2, -0.15) is 4.98 Å². The van der Waals surface area contributed by atoms with Crippen LogP contribution in [-0.4, -0.2) is 37.8 Å². The van der Waals surface area contributed by atoms with Gasteiger partial charge in [0.05, 0.1) is 17.6 Å². The molecule has 0 atom stereocenters. The van der Waals surface area contributed by atoms with E-state index in [1.54, 1.807) is 34.5 Å². The van der Waals surface area contributed by atoms with Gasteiger partial charge in [0.25, 0.3) is 5.56 Å². The van der Waals surface area contributed by atoms with Gasteiger partial charge in [0.15, 0.2) is 0 Å². The predicted octanol–water partition coefficient (Wildman–Crippen LogP) is 3.05. The molecule has 144 valence electrons. The molecule has 4 aromatic rings. The first-order valence-electron chi connectivity index (χ1n) is 9.04. The molecule has 0 amide bonds. The van der Waals surface area contributed by atoms with Crippen molar-refractivity contribution in [2.45, 2.75) is 31.7 Å². The summed E-state index contributed by atoms with van der Waals surface area (Å²) in [5.41, 5.74) is 2.08. The molecular formula is C19H18ClN5O3. The highest BCUT2D eigenvalue weighted by Crippen LogP contribution is 2.47. The number of methoxy groups -OCH3 is 1. The summed E-state index contributed by atoms with van der Waals surface area (Å²) in [7, 11) is 1.60.